The van der Waals surface area contributed by atoms with Gasteiger partial charge in [-0.25, -0.2) is 9.59 Å². The number of nitrogens with two attached hydrogens (primary N) is 1. The molecule has 0 saturated carbocycles. The van der Waals surface area contributed by atoms with Gasteiger partial charge >= 0.3 is 12.6 Å². The lowest BCUT2D eigenvalue weighted by atomic mass is 10.2. The van der Waals surface area contributed by atoms with Gasteiger partial charge in [-0.15, -0.1) is 0 Å². The SMILES string of the molecule is NC(=O)n1cc(N=C=O)c2ccc(OC(F)F)cc21. The second kappa shape index (κ2) is 4.87. The fourth-order valence-electron chi connectivity index (χ4n) is 1.69. The van der Waals surface area contributed by atoms with Gasteiger partial charge in [0, 0.05) is 17.6 Å². The first-order valence-electron chi connectivity index (χ1n) is 5.00. The van der Waals surface area contributed by atoms with E-state index in [9.17, 15) is 18.4 Å². The number of carbonyl (C=O) groups is 1. The first kappa shape index (κ1) is 12.7. The van der Waals surface area contributed by atoms with Gasteiger partial charge in [0.15, 0.2) is 0 Å². The van der Waals surface area contributed by atoms with Crippen LogP contribution in [0.15, 0.2) is 29.4 Å². The highest BCUT2D eigenvalue weighted by atomic mass is 19.3. The molecule has 1 aromatic heterocycles. The van der Waals surface area contributed by atoms with E-state index in [1.807, 2.05) is 0 Å². The Labute approximate surface area is 105 Å². The van der Waals surface area contributed by atoms with Gasteiger partial charge in [-0.1, -0.05) is 0 Å². The van der Waals surface area contributed by atoms with Gasteiger partial charge in [-0.2, -0.15) is 13.8 Å². The van der Waals surface area contributed by atoms with Crippen molar-refractivity contribution in [2.24, 2.45) is 10.7 Å². The highest BCUT2D eigenvalue weighted by Crippen LogP contribution is 2.31. The van der Waals surface area contributed by atoms with Crippen molar-refractivity contribution in [3.8, 4) is 5.75 Å². The molecule has 1 heterocycles. The Bertz CT molecular complexity index is 690. The minimum absolute atomic E-state index is 0.135. The van der Waals surface area contributed by atoms with Crippen LogP contribution in [0.4, 0.5) is 19.3 Å². The first-order valence-corrected chi connectivity index (χ1v) is 5.00. The molecule has 0 fully saturated rings. The van der Waals surface area contributed by atoms with Crippen LogP contribution in [0.3, 0.4) is 0 Å². The summed E-state index contributed by atoms with van der Waals surface area (Å²) < 4.78 is 29.4. The average molecular weight is 267 g/mol. The van der Waals surface area contributed by atoms with Crippen LogP contribution in [-0.4, -0.2) is 23.3 Å². The Kier molecular flexibility index (Phi) is 3.26. The summed E-state index contributed by atoms with van der Waals surface area (Å²) in [5.74, 6) is -0.135. The zero-order chi connectivity index (χ0) is 14.0. The average Bonchev–Trinajstić information content (AvgIpc) is 2.67. The van der Waals surface area contributed by atoms with Crippen molar-refractivity contribution in [3.63, 3.8) is 0 Å². The number of alkyl halides is 2. The minimum Gasteiger partial charge on any atom is -0.435 e. The van der Waals surface area contributed by atoms with Crippen molar-refractivity contribution in [2.75, 3.05) is 0 Å². The quantitative estimate of drug-likeness (QED) is 0.682. The van der Waals surface area contributed by atoms with Crippen LogP contribution in [0, 0.1) is 0 Å². The van der Waals surface area contributed by atoms with E-state index in [0.717, 1.165) is 4.57 Å². The van der Waals surface area contributed by atoms with Crippen molar-refractivity contribution >= 4 is 28.7 Å². The number of primary amides is 1. The van der Waals surface area contributed by atoms with Gasteiger partial charge in [-0.3, -0.25) is 4.57 Å². The molecule has 0 bridgehead atoms. The Morgan fingerprint density at radius 2 is 2.21 bits per heavy atom. The maximum atomic E-state index is 12.1. The van der Waals surface area contributed by atoms with E-state index in [-0.39, 0.29) is 17.0 Å². The van der Waals surface area contributed by atoms with Gasteiger partial charge in [0.2, 0.25) is 6.08 Å². The molecule has 98 valence electrons. The highest BCUT2D eigenvalue weighted by Gasteiger charge is 2.13. The third-order valence-electron chi connectivity index (χ3n) is 2.38. The summed E-state index contributed by atoms with van der Waals surface area (Å²) in [6.45, 7) is -2.98. The number of aromatic nitrogens is 1. The minimum atomic E-state index is -2.98. The zero-order valence-corrected chi connectivity index (χ0v) is 9.34. The molecule has 2 rings (SSSR count). The number of hydrogen-bond acceptors (Lipinski definition) is 4. The summed E-state index contributed by atoms with van der Waals surface area (Å²) in [5.41, 5.74) is 5.50. The number of rotatable bonds is 3. The number of halogens is 2. The molecule has 8 heteroatoms. The molecule has 0 aliphatic heterocycles. The van der Waals surface area contributed by atoms with Gasteiger partial charge in [-0.05, 0) is 12.1 Å². The van der Waals surface area contributed by atoms with Crippen LogP contribution in [0.2, 0.25) is 0 Å². The Morgan fingerprint density at radius 1 is 1.47 bits per heavy atom. The van der Waals surface area contributed by atoms with Crippen LogP contribution >= 0.6 is 0 Å². The summed E-state index contributed by atoms with van der Waals surface area (Å²) in [6, 6.07) is 3.02. The molecule has 1 aromatic carbocycles. The molecule has 0 radical (unpaired) electrons. The van der Waals surface area contributed by atoms with Gasteiger partial charge < -0.3 is 10.5 Å². The third-order valence-corrected chi connectivity index (χ3v) is 2.38. The van der Waals surface area contributed by atoms with Crippen LogP contribution < -0.4 is 10.5 Å². The third kappa shape index (κ3) is 2.43. The maximum Gasteiger partial charge on any atom is 0.387 e. The lowest BCUT2D eigenvalue weighted by Crippen LogP contribution is -2.18. The lowest BCUT2D eigenvalue weighted by molar-refractivity contribution is -0.0497. The highest BCUT2D eigenvalue weighted by molar-refractivity contribution is 5.99. The second-order valence-corrected chi connectivity index (χ2v) is 3.48. The molecular weight excluding hydrogens is 260 g/mol. The first-order chi connectivity index (χ1) is 9.02. The van der Waals surface area contributed by atoms with Crippen molar-refractivity contribution in [1.82, 2.24) is 4.57 Å². The smallest absolute Gasteiger partial charge is 0.387 e. The zero-order valence-electron chi connectivity index (χ0n) is 9.34. The van der Waals surface area contributed by atoms with E-state index in [0.29, 0.717) is 5.39 Å². The molecule has 0 aliphatic rings. The number of carbonyl (C=O) groups excluding carboxylic acids is 2. The van der Waals surface area contributed by atoms with E-state index < -0.39 is 12.6 Å². The number of isocyanates is 1. The van der Waals surface area contributed by atoms with Crippen LogP contribution in [0.25, 0.3) is 10.9 Å². The number of amides is 1. The normalized spacial score (nSPS) is 10.5. The maximum absolute atomic E-state index is 12.1. The van der Waals surface area contributed by atoms with E-state index in [4.69, 9.17) is 5.73 Å². The van der Waals surface area contributed by atoms with Crippen molar-refractivity contribution in [2.45, 2.75) is 6.61 Å². The Morgan fingerprint density at radius 3 is 2.79 bits per heavy atom. The largest absolute Gasteiger partial charge is 0.435 e. The molecular formula is C11H7F2N3O3. The van der Waals surface area contributed by atoms with Gasteiger partial charge in [0.05, 0.1) is 5.52 Å². The van der Waals surface area contributed by atoms with Crippen molar-refractivity contribution in [3.05, 3.63) is 24.4 Å². The van der Waals surface area contributed by atoms with Crippen LogP contribution in [0.1, 0.15) is 0 Å². The predicted octanol–water partition coefficient (Wildman–Crippen LogP) is 2.14. The van der Waals surface area contributed by atoms with Crippen LogP contribution in [0.5, 0.6) is 5.75 Å². The topological polar surface area (TPSA) is 86.7 Å². The molecule has 0 saturated heterocycles. The molecule has 1 amide bonds. The summed E-state index contributed by atoms with van der Waals surface area (Å²) in [5, 5.41) is 0.392. The van der Waals surface area contributed by atoms with Crippen molar-refractivity contribution in [1.29, 1.82) is 0 Å². The molecule has 0 aliphatic carbocycles. The molecule has 19 heavy (non-hydrogen) atoms. The number of ether oxygens (including phenoxy) is 1. The summed E-state index contributed by atoms with van der Waals surface area (Å²) in [7, 11) is 0. The summed E-state index contributed by atoms with van der Waals surface area (Å²) >= 11 is 0. The summed E-state index contributed by atoms with van der Waals surface area (Å²) in [4.78, 5) is 24.9. The number of fused-ring (bicyclic) bond motifs is 1. The number of benzene rings is 1. The standard InChI is InChI=1S/C11H7F2N3O3/c12-10(13)19-6-1-2-7-8(15-5-17)4-16(11(14)18)9(7)3-6/h1-4,10H,(H2,14,18). The van der Waals surface area contributed by atoms with E-state index in [1.54, 1.807) is 0 Å². The Hall–Kier alpha value is -2.73. The number of hydrogen-bond donors (Lipinski definition) is 1. The Balaban J connectivity index is 2.65. The van der Waals surface area contributed by atoms with E-state index >= 15 is 0 Å². The number of nitrogens with zero attached hydrogens (tertiary/aromatic N) is 2. The molecule has 6 nitrogen and oxygen atoms in total. The monoisotopic (exact) mass is 267 g/mol. The second-order valence-electron chi connectivity index (χ2n) is 3.48. The van der Waals surface area contributed by atoms with Gasteiger partial charge in [0.25, 0.3) is 0 Å². The van der Waals surface area contributed by atoms with E-state index in [1.165, 1.54) is 30.5 Å². The van der Waals surface area contributed by atoms with Crippen molar-refractivity contribution < 1.29 is 23.1 Å². The fourth-order valence-corrected chi connectivity index (χ4v) is 1.69. The molecule has 2 N–H and O–H groups in total. The van der Waals surface area contributed by atoms with E-state index in [2.05, 4.69) is 9.73 Å². The number of aliphatic imine (C=N–C) groups is 1. The fraction of sp³-hybridized carbons (Fsp3) is 0.0909. The predicted molar refractivity (Wildman–Crippen MR) is 61.3 cm³/mol. The molecule has 0 atom stereocenters. The molecule has 2 aromatic rings. The molecule has 0 spiro atoms. The molecule has 0 unspecified atom stereocenters. The lowest BCUT2D eigenvalue weighted by Gasteiger charge is -2.05. The van der Waals surface area contributed by atoms with Gasteiger partial charge in [0.1, 0.15) is 11.4 Å². The summed E-state index contributed by atoms with van der Waals surface area (Å²) in [6.07, 6.45) is 2.55. The van der Waals surface area contributed by atoms with Crippen LogP contribution in [-0.2, 0) is 4.79 Å².